The predicted molar refractivity (Wildman–Crippen MR) is 103 cm³/mol. The first-order valence-electron chi connectivity index (χ1n) is 9.96. The van der Waals surface area contributed by atoms with E-state index in [9.17, 15) is 0 Å². The number of rotatable bonds is 4. The maximum absolute atomic E-state index is 5.74. The standard InChI is InChI=1S/C20H27N5O2/c1-2-18-19(27-10-9-26-18)11-15(1)20-16(12-22-23-20)13-24-6-3-17(14-24)25-7-4-21-5-8-25/h1-2,11-12,17,21H,3-10,13-14H2,(H,22,23). The molecule has 4 heterocycles. The number of hydrogen-bond acceptors (Lipinski definition) is 6. The second-order valence-electron chi connectivity index (χ2n) is 7.59. The Morgan fingerprint density at radius 1 is 1.07 bits per heavy atom. The summed E-state index contributed by atoms with van der Waals surface area (Å²) in [6.07, 6.45) is 3.22. The fourth-order valence-electron chi connectivity index (χ4n) is 4.42. The summed E-state index contributed by atoms with van der Waals surface area (Å²) < 4.78 is 11.4. The van der Waals surface area contributed by atoms with Gasteiger partial charge in [-0.15, -0.1) is 0 Å². The number of likely N-dealkylation sites (tertiary alicyclic amines) is 1. The molecule has 1 atom stereocenters. The van der Waals surface area contributed by atoms with Crippen LogP contribution in [-0.4, -0.2) is 78.5 Å². The van der Waals surface area contributed by atoms with Crippen LogP contribution in [0.3, 0.4) is 0 Å². The van der Waals surface area contributed by atoms with E-state index < -0.39 is 0 Å². The summed E-state index contributed by atoms with van der Waals surface area (Å²) in [5.41, 5.74) is 3.43. The molecule has 0 saturated carbocycles. The number of hydrogen-bond donors (Lipinski definition) is 2. The Morgan fingerprint density at radius 3 is 2.81 bits per heavy atom. The van der Waals surface area contributed by atoms with E-state index in [-0.39, 0.29) is 0 Å². The van der Waals surface area contributed by atoms with Gasteiger partial charge in [-0.2, -0.15) is 5.10 Å². The van der Waals surface area contributed by atoms with Crippen LogP contribution in [0.4, 0.5) is 0 Å². The number of aromatic nitrogens is 2. The van der Waals surface area contributed by atoms with Crippen LogP contribution in [0.5, 0.6) is 11.5 Å². The van der Waals surface area contributed by atoms with Gasteiger partial charge in [-0.1, -0.05) is 0 Å². The molecule has 1 aromatic heterocycles. The Balaban J connectivity index is 1.28. The van der Waals surface area contributed by atoms with Gasteiger partial charge in [-0.3, -0.25) is 14.9 Å². The maximum atomic E-state index is 5.74. The molecule has 2 N–H and O–H groups in total. The lowest BCUT2D eigenvalue weighted by molar-refractivity contribution is 0.170. The molecular weight excluding hydrogens is 342 g/mol. The van der Waals surface area contributed by atoms with Crippen LogP contribution >= 0.6 is 0 Å². The number of benzene rings is 1. The zero-order valence-electron chi connectivity index (χ0n) is 15.6. The Kier molecular flexibility index (Phi) is 4.73. The molecule has 27 heavy (non-hydrogen) atoms. The highest BCUT2D eigenvalue weighted by atomic mass is 16.6. The molecule has 7 nitrogen and oxygen atoms in total. The first kappa shape index (κ1) is 17.0. The summed E-state index contributed by atoms with van der Waals surface area (Å²) in [5, 5.41) is 11.0. The highest BCUT2D eigenvalue weighted by Crippen LogP contribution is 2.35. The van der Waals surface area contributed by atoms with E-state index in [1.54, 1.807) is 0 Å². The van der Waals surface area contributed by atoms with E-state index in [4.69, 9.17) is 9.47 Å². The van der Waals surface area contributed by atoms with Crippen LogP contribution in [0.2, 0.25) is 0 Å². The molecule has 0 amide bonds. The predicted octanol–water partition coefficient (Wildman–Crippen LogP) is 1.33. The number of nitrogens with zero attached hydrogens (tertiary/aromatic N) is 3. The molecule has 2 aromatic rings. The van der Waals surface area contributed by atoms with Gasteiger partial charge in [-0.25, -0.2) is 0 Å². The summed E-state index contributed by atoms with van der Waals surface area (Å²) in [5.74, 6) is 1.64. The van der Waals surface area contributed by atoms with Crippen molar-refractivity contribution in [2.45, 2.75) is 19.0 Å². The number of H-pyrrole nitrogens is 1. The summed E-state index contributed by atoms with van der Waals surface area (Å²) in [6.45, 7) is 9.03. The SMILES string of the molecule is c1cc2c(cc1-c1[nH]ncc1CN1CCC(N3CCNCC3)C1)OCCO2. The van der Waals surface area contributed by atoms with Crippen LogP contribution in [0.15, 0.2) is 24.4 Å². The largest absolute Gasteiger partial charge is 0.486 e. The highest BCUT2D eigenvalue weighted by Gasteiger charge is 2.29. The molecule has 0 bridgehead atoms. The van der Waals surface area contributed by atoms with Gasteiger partial charge in [-0.05, 0) is 24.6 Å². The second-order valence-corrected chi connectivity index (χ2v) is 7.59. The van der Waals surface area contributed by atoms with E-state index in [1.807, 2.05) is 12.3 Å². The van der Waals surface area contributed by atoms with Crippen molar-refractivity contribution in [3.63, 3.8) is 0 Å². The van der Waals surface area contributed by atoms with E-state index in [1.165, 1.54) is 25.1 Å². The summed E-state index contributed by atoms with van der Waals surface area (Å²) >= 11 is 0. The average Bonchev–Trinajstić information content (AvgIpc) is 3.38. The van der Waals surface area contributed by atoms with Gasteiger partial charge in [0.05, 0.1) is 11.9 Å². The lowest BCUT2D eigenvalue weighted by Crippen LogP contribution is -2.49. The molecule has 0 aliphatic carbocycles. The molecular formula is C20H27N5O2. The molecule has 7 heteroatoms. The quantitative estimate of drug-likeness (QED) is 0.848. The molecule has 3 aliphatic heterocycles. The third-order valence-corrected chi connectivity index (χ3v) is 5.86. The van der Waals surface area contributed by atoms with Crippen LogP contribution in [-0.2, 0) is 6.54 Å². The molecule has 1 aromatic carbocycles. The highest BCUT2D eigenvalue weighted by molar-refractivity contribution is 5.66. The molecule has 2 fully saturated rings. The number of ether oxygens (including phenoxy) is 2. The van der Waals surface area contributed by atoms with Crippen LogP contribution in [0.1, 0.15) is 12.0 Å². The number of piperazine rings is 1. The van der Waals surface area contributed by atoms with E-state index in [2.05, 4.69) is 37.4 Å². The fraction of sp³-hybridized carbons (Fsp3) is 0.550. The van der Waals surface area contributed by atoms with E-state index >= 15 is 0 Å². The van der Waals surface area contributed by atoms with Gasteiger partial charge in [0.15, 0.2) is 11.5 Å². The van der Waals surface area contributed by atoms with E-state index in [0.717, 1.165) is 55.5 Å². The van der Waals surface area contributed by atoms with E-state index in [0.29, 0.717) is 19.3 Å². The lowest BCUT2D eigenvalue weighted by Gasteiger charge is -2.32. The first-order valence-corrected chi connectivity index (χ1v) is 9.96. The van der Waals surface area contributed by atoms with Crippen molar-refractivity contribution in [2.75, 3.05) is 52.5 Å². The van der Waals surface area contributed by atoms with Crippen LogP contribution < -0.4 is 14.8 Å². The molecule has 5 rings (SSSR count). The van der Waals surface area contributed by atoms with Gasteiger partial charge in [0.25, 0.3) is 0 Å². The molecule has 3 aliphatic rings. The number of fused-ring (bicyclic) bond motifs is 1. The number of aromatic amines is 1. The monoisotopic (exact) mass is 369 g/mol. The molecule has 144 valence electrons. The zero-order chi connectivity index (χ0) is 18.1. The summed E-state index contributed by atoms with van der Waals surface area (Å²) in [4.78, 5) is 5.20. The second kappa shape index (κ2) is 7.50. The van der Waals surface area contributed by atoms with Crippen molar-refractivity contribution in [3.05, 3.63) is 30.0 Å². The van der Waals surface area contributed by atoms with Crippen LogP contribution in [0, 0.1) is 0 Å². The van der Waals surface area contributed by atoms with Gasteiger partial charge in [0, 0.05) is 63.0 Å². The smallest absolute Gasteiger partial charge is 0.162 e. The minimum Gasteiger partial charge on any atom is -0.486 e. The van der Waals surface area contributed by atoms with Gasteiger partial charge < -0.3 is 14.8 Å². The van der Waals surface area contributed by atoms with Gasteiger partial charge in [0.2, 0.25) is 0 Å². The summed E-state index contributed by atoms with van der Waals surface area (Å²) in [7, 11) is 0. The van der Waals surface area contributed by atoms with Crippen LogP contribution in [0.25, 0.3) is 11.3 Å². The Labute approximate surface area is 159 Å². The van der Waals surface area contributed by atoms with Crippen molar-refractivity contribution in [1.82, 2.24) is 25.3 Å². The Bertz CT molecular complexity index is 786. The Morgan fingerprint density at radius 2 is 1.93 bits per heavy atom. The van der Waals surface area contributed by atoms with Crippen molar-refractivity contribution < 1.29 is 9.47 Å². The summed E-state index contributed by atoms with van der Waals surface area (Å²) in [6, 6.07) is 6.82. The third-order valence-electron chi connectivity index (χ3n) is 5.86. The van der Waals surface area contributed by atoms with Crippen molar-refractivity contribution in [2.24, 2.45) is 0 Å². The zero-order valence-corrected chi connectivity index (χ0v) is 15.6. The lowest BCUT2D eigenvalue weighted by atomic mass is 10.1. The van der Waals surface area contributed by atoms with Gasteiger partial charge >= 0.3 is 0 Å². The fourth-order valence-corrected chi connectivity index (χ4v) is 4.42. The third kappa shape index (κ3) is 3.54. The van der Waals surface area contributed by atoms with Gasteiger partial charge in [0.1, 0.15) is 13.2 Å². The van der Waals surface area contributed by atoms with Crippen molar-refractivity contribution >= 4 is 0 Å². The Hall–Kier alpha value is -2.09. The number of nitrogens with one attached hydrogen (secondary N) is 2. The molecule has 1 unspecified atom stereocenters. The topological polar surface area (TPSA) is 65.7 Å². The molecule has 0 radical (unpaired) electrons. The minimum absolute atomic E-state index is 0.605. The maximum Gasteiger partial charge on any atom is 0.162 e. The molecule has 2 saturated heterocycles. The average molecular weight is 369 g/mol. The van der Waals surface area contributed by atoms with Crippen molar-refractivity contribution in [3.8, 4) is 22.8 Å². The van der Waals surface area contributed by atoms with Crippen molar-refractivity contribution in [1.29, 1.82) is 0 Å². The normalized spacial score (nSPS) is 23.6. The minimum atomic E-state index is 0.605. The first-order chi connectivity index (χ1) is 13.4. The molecule has 0 spiro atoms.